The number of thiophene rings is 1. The number of rotatable bonds is 8. The van der Waals surface area contributed by atoms with Gasteiger partial charge in [0.15, 0.2) is 5.96 Å². The minimum absolute atomic E-state index is 0.235. The van der Waals surface area contributed by atoms with Crippen LogP contribution in [0.25, 0.3) is 0 Å². The molecule has 158 valence electrons. The molecule has 0 amide bonds. The van der Waals surface area contributed by atoms with Crippen molar-refractivity contribution in [2.45, 2.75) is 19.4 Å². The smallest absolute Gasteiger partial charge is 0.214 e. The molecule has 0 bridgehead atoms. The SMILES string of the molecule is CCNC(=NCC(c1cccs1)N1CCOCC1)NCCN1CCCS1(=O)=O. The summed E-state index contributed by atoms with van der Waals surface area (Å²) >= 11 is 1.76. The van der Waals surface area contributed by atoms with Gasteiger partial charge in [0.05, 0.1) is 31.6 Å². The van der Waals surface area contributed by atoms with E-state index in [0.29, 0.717) is 26.2 Å². The molecular formula is C18H31N5O3S2. The largest absolute Gasteiger partial charge is 0.379 e. The van der Waals surface area contributed by atoms with Crippen LogP contribution in [0.15, 0.2) is 22.5 Å². The lowest BCUT2D eigenvalue weighted by molar-refractivity contribution is 0.0186. The van der Waals surface area contributed by atoms with Crippen molar-refractivity contribution in [1.82, 2.24) is 19.8 Å². The molecule has 1 aromatic heterocycles. The first-order chi connectivity index (χ1) is 13.6. The Morgan fingerprint density at radius 2 is 2.14 bits per heavy atom. The third kappa shape index (κ3) is 5.90. The second-order valence-corrected chi connectivity index (χ2v) is 9.96. The van der Waals surface area contributed by atoms with Crippen molar-refractivity contribution in [3.63, 3.8) is 0 Å². The molecule has 2 fully saturated rings. The Hall–Kier alpha value is -1.20. The highest BCUT2D eigenvalue weighted by molar-refractivity contribution is 7.89. The molecule has 1 aromatic rings. The van der Waals surface area contributed by atoms with E-state index in [4.69, 9.17) is 9.73 Å². The van der Waals surface area contributed by atoms with Crippen LogP contribution >= 0.6 is 11.3 Å². The Morgan fingerprint density at radius 3 is 2.79 bits per heavy atom. The molecule has 0 saturated carbocycles. The lowest BCUT2D eigenvalue weighted by atomic mass is 10.2. The van der Waals surface area contributed by atoms with Gasteiger partial charge in [-0.2, -0.15) is 0 Å². The molecule has 1 unspecified atom stereocenters. The summed E-state index contributed by atoms with van der Waals surface area (Å²) in [5.74, 6) is 0.998. The number of sulfonamides is 1. The van der Waals surface area contributed by atoms with E-state index in [9.17, 15) is 8.42 Å². The number of morpholine rings is 1. The van der Waals surface area contributed by atoms with Crippen LogP contribution in [0.2, 0.25) is 0 Å². The number of nitrogens with one attached hydrogen (secondary N) is 2. The lowest BCUT2D eigenvalue weighted by Gasteiger charge is -2.33. The van der Waals surface area contributed by atoms with E-state index in [2.05, 4.69) is 33.0 Å². The van der Waals surface area contributed by atoms with E-state index in [-0.39, 0.29) is 11.8 Å². The zero-order valence-electron chi connectivity index (χ0n) is 16.5. The van der Waals surface area contributed by atoms with Crippen molar-refractivity contribution < 1.29 is 13.2 Å². The van der Waals surface area contributed by atoms with Gasteiger partial charge in [-0.25, -0.2) is 12.7 Å². The third-order valence-corrected chi connectivity index (χ3v) is 7.91. The Bertz CT molecular complexity index is 718. The molecule has 2 N–H and O–H groups in total. The number of nitrogens with zero attached hydrogens (tertiary/aromatic N) is 3. The van der Waals surface area contributed by atoms with Crippen molar-refractivity contribution in [3.05, 3.63) is 22.4 Å². The summed E-state index contributed by atoms with van der Waals surface area (Å²) in [4.78, 5) is 8.54. The molecule has 10 heteroatoms. The molecular weight excluding hydrogens is 398 g/mol. The zero-order valence-corrected chi connectivity index (χ0v) is 18.1. The van der Waals surface area contributed by atoms with Crippen LogP contribution in [0.3, 0.4) is 0 Å². The average molecular weight is 430 g/mol. The van der Waals surface area contributed by atoms with Gasteiger partial charge in [0.1, 0.15) is 0 Å². The Balaban J connectivity index is 1.59. The number of ether oxygens (including phenoxy) is 1. The van der Waals surface area contributed by atoms with Gasteiger partial charge in [-0.1, -0.05) is 6.07 Å². The molecule has 3 heterocycles. The number of guanidine groups is 1. The van der Waals surface area contributed by atoms with Crippen LogP contribution in [0.1, 0.15) is 24.3 Å². The van der Waals surface area contributed by atoms with E-state index in [1.54, 1.807) is 15.6 Å². The maximum absolute atomic E-state index is 11.9. The average Bonchev–Trinajstić information content (AvgIpc) is 3.33. The second-order valence-electron chi connectivity index (χ2n) is 6.89. The maximum Gasteiger partial charge on any atom is 0.214 e. The molecule has 28 heavy (non-hydrogen) atoms. The van der Waals surface area contributed by atoms with Crippen molar-refractivity contribution in [2.75, 3.05) is 64.8 Å². The summed E-state index contributed by atoms with van der Waals surface area (Å²) < 4.78 is 30.9. The zero-order chi connectivity index (χ0) is 19.8. The normalized spacial score (nSPS) is 22.2. The fraction of sp³-hybridized carbons (Fsp3) is 0.722. The summed E-state index contributed by atoms with van der Waals surface area (Å²) in [5.41, 5.74) is 0. The lowest BCUT2D eigenvalue weighted by Crippen LogP contribution is -2.43. The number of hydrogen-bond acceptors (Lipinski definition) is 6. The topological polar surface area (TPSA) is 86.3 Å². The molecule has 8 nitrogen and oxygen atoms in total. The van der Waals surface area contributed by atoms with Gasteiger partial charge >= 0.3 is 0 Å². The predicted molar refractivity (Wildman–Crippen MR) is 113 cm³/mol. The van der Waals surface area contributed by atoms with Gasteiger partial charge in [0, 0.05) is 44.1 Å². The molecule has 2 aliphatic rings. The Labute approximate surface area is 172 Å². The van der Waals surface area contributed by atoms with Crippen molar-refractivity contribution in [3.8, 4) is 0 Å². The molecule has 3 rings (SSSR count). The van der Waals surface area contributed by atoms with Crippen molar-refractivity contribution in [2.24, 2.45) is 4.99 Å². The first kappa shape index (κ1) is 21.5. The molecule has 2 aliphatic heterocycles. The van der Waals surface area contributed by atoms with Crippen LogP contribution in [0, 0.1) is 0 Å². The standard InChI is InChI=1S/C18H31N5O3S2/c1-2-19-18(20-6-8-23-7-4-14-28(23,24)25)21-15-16(17-5-3-13-27-17)22-9-11-26-12-10-22/h3,5,13,16H,2,4,6-12,14-15H2,1H3,(H2,19,20,21). The van der Waals surface area contributed by atoms with Gasteiger partial charge < -0.3 is 15.4 Å². The summed E-state index contributed by atoms with van der Waals surface area (Å²) in [6.07, 6.45) is 0.721. The van der Waals surface area contributed by atoms with Crippen molar-refractivity contribution in [1.29, 1.82) is 0 Å². The highest BCUT2D eigenvalue weighted by Crippen LogP contribution is 2.26. The summed E-state index contributed by atoms with van der Waals surface area (Å²) in [6.45, 7) is 8.42. The maximum atomic E-state index is 11.9. The summed E-state index contributed by atoms with van der Waals surface area (Å²) in [6, 6.07) is 4.48. The highest BCUT2D eigenvalue weighted by atomic mass is 32.2. The Kier molecular flexibility index (Phi) is 8.10. The van der Waals surface area contributed by atoms with Crippen LogP contribution in [-0.2, 0) is 14.8 Å². The van der Waals surface area contributed by atoms with Crippen molar-refractivity contribution >= 4 is 27.3 Å². The summed E-state index contributed by atoms with van der Waals surface area (Å²) in [5, 5.41) is 8.65. The van der Waals surface area contributed by atoms with Crippen LogP contribution in [0.5, 0.6) is 0 Å². The number of aliphatic imine (C=N–C) groups is 1. The van der Waals surface area contributed by atoms with E-state index >= 15 is 0 Å². The minimum atomic E-state index is -3.05. The third-order valence-electron chi connectivity index (χ3n) is 4.98. The molecule has 0 aliphatic carbocycles. The van der Waals surface area contributed by atoms with E-state index in [0.717, 1.165) is 45.2 Å². The fourth-order valence-corrected chi connectivity index (χ4v) is 5.90. The monoisotopic (exact) mass is 429 g/mol. The van der Waals surface area contributed by atoms with Crippen LogP contribution in [-0.4, -0.2) is 88.4 Å². The summed E-state index contributed by atoms with van der Waals surface area (Å²) in [7, 11) is -3.05. The van der Waals surface area contributed by atoms with Gasteiger partial charge in [-0.05, 0) is 24.8 Å². The quantitative estimate of drug-likeness (QED) is 0.468. The predicted octanol–water partition coefficient (Wildman–Crippen LogP) is 0.712. The van der Waals surface area contributed by atoms with Gasteiger partial charge in [-0.3, -0.25) is 9.89 Å². The first-order valence-corrected chi connectivity index (χ1v) is 12.4. The highest BCUT2D eigenvalue weighted by Gasteiger charge is 2.27. The first-order valence-electron chi connectivity index (χ1n) is 9.95. The second kappa shape index (κ2) is 10.5. The minimum Gasteiger partial charge on any atom is -0.379 e. The van der Waals surface area contributed by atoms with Gasteiger partial charge in [0.2, 0.25) is 10.0 Å². The fourth-order valence-electron chi connectivity index (χ4n) is 3.52. The van der Waals surface area contributed by atoms with Gasteiger partial charge in [0.25, 0.3) is 0 Å². The molecule has 0 spiro atoms. The van der Waals surface area contributed by atoms with E-state index in [1.165, 1.54) is 4.88 Å². The molecule has 2 saturated heterocycles. The van der Waals surface area contributed by atoms with Crippen LogP contribution in [0.4, 0.5) is 0 Å². The number of hydrogen-bond donors (Lipinski definition) is 2. The van der Waals surface area contributed by atoms with E-state index < -0.39 is 10.0 Å². The van der Waals surface area contributed by atoms with E-state index in [1.807, 2.05) is 6.92 Å². The Morgan fingerprint density at radius 1 is 1.32 bits per heavy atom. The molecule has 0 radical (unpaired) electrons. The van der Waals surface area contributed by atoms with Gasteiger partial charge in [-0.15, -0.1) is 11.3 Å². The molecule has 1 atom stereocenters. The molecule has 0 aromatic carbocycles. The van der Waals surface area contributed by atoms with Crippen LogP contribution < -0.4 is 10.6 Å².